The van der Waals surface area contributed by atoms with Crippen molar-refractivity contribution in [1.29, 1.82) is 0 Å². The average molecular weight is 326 g/mol. The molecule has 0 fully saturated rings. The number of rotatable bonds is 7. The number of amides is 2. The van der Waals surface area contributed by atoms with E-state index in [4.69, 9.17) is 0 Å². The molecule has 0 aromatic heterocycles. The summed E-state index contributed by atoms with van der Waals surface area (Å²) in [6.45, 7) is 8.07. The highest BCUT2D eigenvalue weighted by molar-refractivity contribution is 5.98. The first-order valence-corrected chi connectivity index (χ1v) is 7.76. The molecule has 128 valence electrons. The molecule has 6 heteroatoms. The Kier molecular flexibility index (Phi) is 7.13. The molecule has 1 aromatic rings. The van der Waals surface area contributed by atoms with E-state index in [1.807, 2.05) is 13.8 Å². The minimum Gasteiger partial charge on any atom is -0.354 e. The second kappa shape index (κ2) is 8.60. The van der Waals surface area contributed by atoms with Gasteiger partial charge in [-0.3, -0.25) is 9.59 Å². The maximum Gasteiger partial charge on any atom is 0.257 e. The summed E-state index contributed by atoms with van der Waals surface area (Å²) in [5, 5.41) is 5.16. The van der Waals surface area contributed by atoms with E-state index < -0.39 is 29.1 Å². The predicted octanol–water partition coefficient (Wildman–Crippen LogP) is 2.88. The van der Waals surface area contributed by atoms with Crippen molar-refractivity contribution >= 4 is 11.8 Å². The Labute approximate surface area is 135 Å². The molecule has 23 heavy (non-hydrogen) atoms. The third kappa shape index (κ3) is 5.62. The van der Waals surface area contributed by atoms with Gasteiger partial charge in [0.15, 0.2) is 0 Å². The van der Waals surface area contributed by atoms with Crippen LogP contribution in [0.5, 0.6) is 0 Å². The van der Waals surface area contributed by atoms with Crippen molar-refractivity contribution in [3.63, 3.8) is 0 Å². The topological polar surface area (TPSA) is 58.2 Å². The van der Waals surface area contributed by atoms with Gasteiger partial charge in [-0.1, -0.05) is 33.8 Å². The van der Waals surface area contributed by atoms with Gasteiger partial charge in [0.25, 0.3) is 5.91 Å². The van der Waals surface area contributed by atoms with Gasteiger partial charge in [-0.2, -0.15) is 0 Å². The van der Waals surface area contributed by atoms with Crippen molar-refractivity contribution in [2.75, 3.05) is 6.54 Å². The fourth-order valence-electron chi connectivity index (χ4n) is 2.06. The van der Waals surface area contributed by atoms with Gasteiger partial charge >= 0.3 is 0 Å². The first-order valence-electron chi connectivity index (χ1n) is 7.76. The quantitative estimate of drug-likeness (QED) is 0.809. The molecule has 1 atom stereocenters. The fourth-order valence-corrected chi connectivity index (χ4v) is 2.06. The van der Waals surface area contributed by atoms with E-state index in [9.17, 15) is 18.4 Å². The highest BCUT2D eigenvalue weighted by atomic mass is 19.1. The lowest BCUT2D eigenvalue weighted by molar-refractivity contribution is -0.123. The van der Waals surface area contributed by atoms with Gasteiger partial charge < -0.3 is 10.6 Å². The zero-order chi connectivity index (χ0) is 17.6. The lowest BCUT2D eigenvalue weighted by Gasteiger charge is -2.22. The van der Waals surface area contributed by atoms with Gasteiger partial charge in [0, 0.05) is 6.54 Å². The smallest absolute Gasteiger partial charge is 0.257 e. The Morgan fingerprint density at radius 1 is 1.09 bits per heavy atom. The summed E-state index contributed by atoms with van der Waals surface area (Å²) in [6, 6.07) is 2.34. The summed E-state index contributed by atoms with van der Waals surface area (Å²) in [4.78, 5) is 24.3. The van der Waals surface area contributed by atoms with Crippen LogP contribution in [-0.4, -0.2) is 24.4 Å². The summed E-state index contributed by atoms with van der Waals surface area (Å²) in [5.74, 6) is -2.97. The van der Waals surface area contributed by atoms with E-state index in [-0.39, 0.29) is 11.8 Å². The number of nitrogens with one attached hydrogen (secondary N) is 2. The van der Waals surface area contributed by atoms with Crippen molar-refractivity contribution in [3.05, 3.63) is 35.4 Å². The molecule has 4 nitrogen and oxygen atoms in total. The Morgan fingerprint density at radius 2 is 1.65 bits per heavy atom. The summed E-state index contributed by atoms with van der Waals surface area (Å²) in [5.41, 5.74) is -0.673. The van der Waals surface area contributed by atoms with Crippen molar-refractivity contribution in [2.24, 2.45) is 11.8 Å². The molecule has 0 saturated heterocycles. The molecular weight excluding hydrogens is 302 g/mol. The second-order valence-electron chi connectivity index (χ2n) is 6.27. The number of halogens is 2. The molecule has 1 aromatic carbocycles. The molecule has 0 unspecified atom stereocenters. The van der Waals surface area contributed by atoms with Crippen LogP contribution in [-0.2, 0) is 4.79 Å². The minimum atomic E-state index is -0.953. The monoisotopic (exact) mass is 326 g/mol. The lowest BCUT2D eigenvalue weighted by Crippen LogP contribution is -2.50. The van der Waals surface area contributed by atoms with E-state index in [1.54, 1.807) is 13.8 Å². The molecule has 0 heterocycles. The average Bonchev–Trinajstić information content (AvgIpc) is 2.43. The van der Waals surface area contributed by atoms with Gasteiger partial charge in [-0.05, 0) is 30.4 Å². The molecule has 0 aliphatic heterocycles. The number of carbonyl (C=O) groups excluding carboxylic acids is 2. The van der Waals surface area contributed by atoms with Gasteiger partial charge in [-0.25, -0.2) is 8.78 Å². The summed E-state index contributed by atoms with van der Waals surface area (Å²) >= 11 is 0. The maximum atomic E-state index is 13.6. The zero-order valence-corrected chi connectivity index (χ0v) is 14.0. The van der Waals surface area contributed by atoms with Gasteiger partial charge in [0.05, 0.1) is 0 Å². The van der Waals surface area contributed by atoms with Crippen LogP contribution in [0.4, 0.5) is 8.78 Å². The van der Waals surface area contributed by atoms with Gasteiger partial charge in [0.2, 0.25) is 5.91 Å². The molecular formula is C17H24F2N2O2. The van der Waals surface area contributed by atoms with E-state index in [0.29, 0.717) is 12.5 Å². The third-order valence-corrected chi connectivity index (χ3v) is 3.45. The minimum absolute atomic E-state index is 0.215. The van der Waals surface area contributed by atoms with Gasteiger partial charge in [0.1, 0.15) is 23.2 Å². The van der Waals surface area contributed by atoms with Gasteiger partial charge in [-0.15, -0.1) is 0 Å². The highest BCUT2D eigenvalue weighted by Gasteiger charge is 2.27. The molecule has 2 N–H and O–H groups in total. The van der Waals surface area contributed by atoms with E-state index in [2.05, 4.69) is 10.6 Å². The molecule has 0 radical (unpaired) electrons. The standard InChI is InChI=1S/C17H24F2N2O2/c1-10(2)8-9-20-17(23)15(11(3)4)21-16(22)14-12(18)6-5-7-13(14)19/h5-7,10-11,15H,8-9H2,1-4H3,(H,20,23)(H,21,22)/t15-/m0/s1. The van der Waals surface area contributed by atoms with Crippen LogP contribution < -0.4 is 10.6 Å². The number of hydrogen-bond acceptors (Lipinski definition) is 2. The van der Waals surface area contributed by atoms with Crippen LogP contribution in [0.3, 0.4) is 0 Å². The Balaban J connectivity index is 2.79. The molecule has 0 aliphatic carbocycles. The normalized spacial score (nSPS) is 12.3. The van der Waals surface area contributed by atoms with E-state index >= 15 is 0 Å². The van der Waals surface area contributed by atoms with Crippen LogP contribution >= 0.6 is 0 Å². The van der Waals surface area contributed by atoms with Crippen LogP contribution in [0.15, 0.2) is 18.2 Å². The molecule has 2 amide bonds. The fraction of sp³-hybridized carbons (Fsp3) is 0.529. The van der Waals surface area contributed by atoms with Crippen molar-refractivity contribution < 1.29 is 18.4 Å². The van der Waals surface area contributed by atoms with Crippen molar-refractivity contribution in [1.82, 2.24) is 10.6 Å². The van der Waals surface area contributed by atoms with E-state index in [0.717, 1.165) is 18.6 Å². The SMILES string of the molecule is CC(C)CCNC(=O)[C@@H](NC(=O)c1c(F)cccc1F)C(C)C. The van der Waals surface area contributed by atoms with E-state index in [1.165, 1.54) is 6.07 Å². The largest absolute Gasteiger partial charge is 0.354 e. The first kappa shape index (κ1) is 19.1. The number of hydrogen-bond donors (Lipinski definition) is 2. The van der Waals surface area contributed by atoms with Crippen LogP contribution in [0.1, 0.15) is 44.5 Å². The lowest BCUT2D eigenvalue weighted by atomic mass is 10.0. The maximum absolute atomic E-state index is 13.6. The molecule has 1 rings (SSSR count). The summed E-state index contributed by atoms with van der Waals surface area (Å²) < 4.78 is 27.3. The number of carbonyl (C=O) groups is 2. The zero-order valence-electron chi connectivity index (χ0n) is 14.0. The Hall–Kier alpha value is -1.98. The molecule has 0 bridgehead atoms. The highest BCUT2D eigenvalue weighted by Crippen LogP contribution is 2.13. The second-order valence-corrected chi connectivity index (χ2v) is 6.27. The van der Waals surface area contributed by atoms with Crippen LogP contribution in [0, 0.1) is 23.5 Å². The third-order valence-electron chi connectivity index (χ3n) is 3.45. The van der Waals surface area contributed by atoms with Crippen LogP contribution in [0.25, 0.3) is 0 Å². The first-order chi connectivity index (χ1) is 10.7. The summed E-state index contributed by atoms with van der Waals surface area (Å²) in [6.07, 6.45) is 0.812. The van der Waals surface area contributed by atoms with Crippen LogP contribution in [0.2, 0.25) is 0 Å². The molecule has 0 saturated carbocycles. The Morgan fingerprint density at radius 3 is 2.13 bits per heavy atom. The Bertz CT molecular complexity index is 539. The molecule has 0 aliphatic rings. The molecule has 0 spiro atoms. The van der Waals surface area contributed by atoms with Crippen molar-refractivity contribution in [3.8, 4) is 0 Å². The number of benzene rings is 1. The van der Waals surface area contributed by atoms with Crippen molar-refractivity contribution in [2.45, 2.75) is 40.2 Å². The predicted molar refractivity (Wildman–Crippen MR) is 84.9 cm³/mol. The summed E-state index contributed by atoms with van der Waals surface area (Å²) in [7, 11) is 0.